The molecule has 18 heavy (non-hydrogen) atoms. The summed E-state index contributed by atoms with van der Waals surface area (Å²) in [5, 5.41) is 9.05. The predicted octanol–water partition coefficient (Wildman–Crippen LogP) is 0.207. The second kappa shape index (κ2) is 5.09. The zero-order chi connectivity index (χ0) is 13.1. The van der Waals surface area contributed by atoms with Gasteiger partial charge in [-0.3, -0.25) is 0 Å². The minimum atomic E-state index is -1.10. The average molecular weight is 253 g/mol. The largest absolute Gasteiger partial charge is 0.479 e. The number of carboxylic acids is 1. The molecule has 2 heterocycles. The topological polar surface area (TPSA) is 97.9 Å². The third kappa shape index (κ3) is 2.30. The van der Waals surface area contributed by atoms with Crippen LogP contribution in [-0.2, 0) is 4.74 Å². The lowest BCUT2D eigenvalue weighted by atomic mass is 10.2. The Kier molecular flexibility index (Phi) is 3.52. The van der Waals surface area contributed by atoms with Crippen LogP contribution in [0.4, 0.5) is 11.5 Å². The lowest BCUT2D eigenvalue weighted by Gasteiger charge is -2.29. The predicted molar refractivity (Wildman–Crippen MR) is 65.2 cm³/mol. The van der Waals surface area contributed by atoms with Gasteiger partial charge in [-0.25, -0.2) is 4.79 Å². The molecular formula is C11H15N3O4. The van der Waals surface area contributed by atoms with Crippen LogP contribution in [0.2, 0.25) is 0 Å². The van der Waals surface area contributed by atoms with Crippen molar-refractivity contribution >= 4 is 17.5 Å². The average Bonchev–Trinajstić information content (AvgIpc) is 2.39. The fourth-order valence-electron chi connectivity index (χ4n) is 1.85. The number of aromatic carboxylic acids is 1. The summed E-state index contributed by atoms with van der Waals surface area (Å²) in [6, 6.07) is 1.49. The van der Waals surface area contributed by atoms with E-state index in [1.54, 1.807) is 0 Å². The first-order chi connectivity index (χ1) is 8.63. The van der Waals surface area contributed by atoms with Gasteiger partial charge in [-0.2, -0.15) is 4.98 Å². The second-order valence-electron chi connectivity index (χ2n) is 3.85. The van der Waals surface area contributed by atoms with Gasteiger partial charge in [0.2, 0.25) is 5.88 Å². The molecule has 1 aliphatic rings. The van der Waals surface area contributed by atoms with Crippen LogP contribution in [0.5, 0.6) is 5.88 Å². The molecule has 2 rings (SSSR count). The van der Waals surface area contributed by atoms with Gasteiger partial charge in [0.25, 0.3) is 0 Å². The number of nitrogens with zero attached hydrogens (tertiary/aromatic N) is 2. The van der Waals surface area contributed by atoms with Crippen molar-refractivity contribution in [3.63, 3.8) is 0 Å². The first-order valence-corrected chi connectivity index (χ1v) is 5.54. The number of methoxy groups -OCH3 is 1. The van der Waals surface area contributed by atoms with Crippen LogP contribution >= 0.6 is 0 Å². The molecule has 7 nitrogen and oxygen atoms in total. The van der Waals surface area contributed by atoms with Crippen LogP contribution < -0.4 is 15.4 Å². The van der Waals surface area contributed by atoms with E-state index in [9.17, 15) is 4.79 Å². The zero-order valence-corrected chi connectivity index (χ0v) is 10.0. The molecule has 0 aliphatic carbocycles. The molecule has 0 aromatic carbocycles. The van der Waals surface area contributed by atoms with Crippen LogP contribution in [0, 0.1) is 0 Å². The number of ether oxygens (including phenoxy) is 2. The van der Waals surface area contributed by atoms with Crippen molar-refractivity contribution in [3.05, 3.63) is 11.6 Å². The van der Waals surface area contributed by atoms with Crippen molar-refractivity contribution in [2.45, 2.75) is 0 Å². The van der Waals surface area contributed by atoms with Crippen LogP contribution in [-0.4, -0.2) is 49.5 Å². The van der Waals surface area contributed by atoms with Gasteiger partial charge in [-0.15, -0.1) is 0 Å². The number of nitrogens with two attached hydrogens (primary N) is 1. The van der Waals surface area contributed by atoms with Crippen molar-refractivity contribution in [1.82, 2.24) is 4.98 Å². The summed E-state index contributed by atoms with van der Waals surface area (Å²) in [6.07, 6.45) is 0. The monoisotopic (exact) mass is 253 g/mol. The number of carbonyl (C=O) groups is 1. The highest BCUT2D eigenvalue weighted by Gasteiger charge is 2.21. The summed E-state index contributed by atoms with van der Waals surface area (Å²) in [4.78, 5) is 17.0. The van der Waals surface area contributed by atoms with Crippen molar-refractivity contribution in [2.24, 2.45) is 0 Å². The number of hydrogen-bond acceptors (Lipinski definition) is 6. The van der Waals surface area contributed by atoms with E-state index in [2.05, 4.69) is 4.98 Å². The molecule has 1 saturated heterocycles. The van der Waals surface area contributed by atoms with Gasteiger partial charge in [-0.1, -0.05) is 0 Å². The van der Waals surface area contributed by atoms with Crippen LogP contribution in [0.25, 0.3) is 0 Å². The molecule has 0 atom stereocenters. The van der Waals surface area contributed by atoms with Gasteiger partial charge in [0, 0.05) is 13.1 Å². The SMILES string of the molecule is COc1nc(N)c(C(=O)O)cc1N1CCOCC1. The van der Waals surface area contributed by atoms with E-state index < -0.39 is 5.97 Å². The Balaban J connectivity index is 2.42. The fraction of sp³-hybridized carbons (Fsp3) is 0.455. The van der Waals surface area contributed by atoms with Gasteiger partial charge in [-0.05, 0) is 6.07 Å². The first-order valence-electron chi connectivity index (χ1n) is 5.54. The molecule has 1 aromatic heterocycles. The number of rotatable bonds is 3. The molecule has 1 aliphatic heterocycles. The van der Waals surface area contributed by atoms with E-state index >= 15 is 0 Å². The van der Waals surface area contributed by atoms with E-state index in [0.29, 0.717) is 37.9 Å². The highest BCUT2D eigenvalue weighted by atomic mass is 16.5. The number of morpholine rings is 1. The Morgan fingerprint density at radius 2 is 2.22 bits per heavy atom. The van der Waals surface area contributed by atoms with Crippen molar-refractivity contribution < 1.29 is 19.4 Å². The molecular weight excluding hydrogens is 238 g/mol. The quantitative estimate of drug-likeness (QED) is 0.794. The maximum Gasteiger partial charge on any atom is 0.339 e. The maximum absolute atomic E-state index is 11.1. The van der Waals surface area contributed by atoms with Crippen LogP contribution in [0.1, 0.15) is 10.4 Å². The van der Waals surface area contributed by atoms with Crippen molar-refractivity contribution in [1.29, 1.82) is 0 Å². The molecule has 3 N–H and O–H groups in total. The van der Waals surface area contributed by atoms with E-state index in [0.717, 1.165) is 0 Å². The molecule has 0 bridgehead atoms. The zero-order valence-electron chi connectivity index (χ0n) is 10.0. The molecule has 7 heteroatoms. The van der Waals surface area contributed by atoms with Gasteiger partial charge in [0.1, 0.15) is 17.1 Å². The Labute approximate surface area is 104 Å². The van der Waals surface area contributed by atoms with Crippen LogP contribution in [0.15, 0.2) is 6.07 Å². The minimum Gasteiger partial charge on any atom is -0.479 e. The number of anilines is 2. The van der Waals surface area contributed by atoms with E-state index in [4.69, 9.17) is 20.3 Å². The van der Waals surface area contributed by atoms with Gasteiger partial charge < -0.3 is 25.2 Å². The Bertz CT molecular complexity index is 458. The van der Waals surface area contributed by atoms with Crippen molar-refractivity contribution in [2.75, 3.05) is 44.0 Å². The van der Waals surface area contributed by atoms with E-state index in [1.165, 1.54) is 13.2 Å². The molecule has 0 saturated carbocycles. The summed E-state index contributed by atoms with van der Waals surface area (Å²) in [7, 11) is 1.48. The van der Waals surface area contributed by atoms with Crippen LogP contribution in [0.3, 0.4) is 0 Å². The number of aromatic nitrogens is 1. The fourth-order valence-corrected chi connectivity index (χ4v) is 1.85. The third-order valence-electron chi connectivity index (χ3n) is 2.77. The first kappa shape index (κ1) is 12.4. The second-order valence-corrected chi connectivity index (χ2v) is 3.85. The maximum atomic E-state index is 11.1. The highest BCUT2D eigenvalue weighted by Crippen LogP contribution is 2.30. The lowest BCUT2D eigenvalue weighted by Crippen LogP contribution is -2.36. The third-order valence-corrected chi connectivity index (χ3v) is 2.77. The molecule has 98 valence electrons. The Morgan fingerprint density at radius 3 is 2.78 bits per heavy atom. The van der Waals surface area contributed by atoms with Gasteiger partial charge in [0.15, 0.2) is 0 Å². The highest BCUT2D eigenvalue weighted by molar-refractivity contribution is 5.94. The van der Waals surface area contributed by atoms with Gasteiger partial charge >= 0.3 is 5.97 Å². The molecule has 0 spiro atoms. The lowest BCUT2D eigenvalue weighted by molar-refractivity contribution is 0.0697. The minimum absolute atomic E-state index is 0.0164. The molecule has 0 unspecified atom stereocenters. The summed E-state index contributed by atoms with van der Waals surface area (Å²) < 4.78 is 10.4. The molecule has 1 aromatic rings. The summed E-state index contributed by atoms with van der Waals surface area (Å²) in [5.41, 5.74) is 6.20. The number of hydrogen-bond donors (Lipinski definition) is 2. The Hall–Kier alpha value is -2.02. The molecule has 1 fully saturated rings. The number of pyridine rings is 1. The summed E-state index contributed by atoms with van der Waals surface area (Å²) >= 11 is 0. The van der Waals surface area contributed by atoms with Gasteiger partial charge in [0.05, 0.1) is 20.3 Å². The number of nitrogen functional groups attached to an aromatic ring is 1. The Morgan fingerprint density at radius 1 is 1.56 bits per heavy atom. The molecule has 0 amide bonds. The van der Waals surface area contributed by atoms with E-state index in [-0.39, 0.29) is 11.4 Å². The number of carboxylic acid groups (broad SMARTS) is 1. The normalized spacial score (nSPS) is 15.5. The standard InChI is InChI=1S/C11H15N3O4/c1-17-10-8(14-2-4-18-5-3-14)6-7(11(15)16)9(12)13-10/h6H,2-5H2,1H3,(H2,12,13)(H,15,16). The van der Waals surface area contributed by atoms with E-state index in [1.807, 2.05) is 4.90 Å². The molecule has 0 radical (unpaired) electrons. The van der Waals surface area contributed by atoms with Crippen molar-refractivity contribution in [3.8, 4) is 5.88 Å². The summed E-state index contributed by atoms with van der Waals surface area (Å²) in [5.74, 6) is -0.812. The smallest absolute Gasteiger partial charge is 0.339 e. The summed E-state index contributed by atoms with van der Waals surface area (Å²) in [6.45, 7) is 2.52.